The van der Waals surface area contributed by atoms with Gasteiger partial charge in [-0.1, -0.05) is 24.3 Å². The molecule has 212 valence electrons. The number of ether oxygens (including phenoxy) is 1. The van der Waals surface area contributed by atoms with Crippen molar-refractivity contribution in [3.05, 3.63) is 66.0 Å². The highest BCUT2D eigenvalue weighted by Crippen LogP contribution is 2.39. The molecule has 1 N–H and O–H groups in total. The summed E-state index contributed by atoms with van der Waals surface area (Å²) >= 11 is 0. The Labute approximate surface area is 238 Å². The third kappa shape index (κ3) is 5.97. The van der Waals surface area contributed by atoms with Gasteiger partial charge in [-0.2, -0.15) is 5.10 Å². The predicted octanol–water partition coefficient (Wildman–Crippen LogP) is 7.06. The molecule has 3 aliphatic rings. The number of carbonyl (C=O) groups excluding carboxylic acids is 1. The fourth-order valence-electron chi connectivity index (χ4n) is 6.84. The molecule has 6 nitrogen and oxygen atoms in total. The summed E-state index contributed by atoms with van der Waals surface area (Å²) in [4.78, 5) is 16.1. The van der Waals surface area contributed by atoms with Gasteiger partial charge in [0.05, 0.1) is 25.5 Å². The first-order chi connectivity index (χ1) is 19.5. The van der Waals surface area contributed by atoms with E-state index in [4.69, 9.17) is 4.74 Å². The molecule has 3 saturated carbocycles. The summed E-state index contributed by atoms with van der Waals surface area (Å²) in [6.45, 7) is 2.88. The average Bonchev–Trinajstić information content (AvgIpc) is 3.72. The zero-order chi connectivity index (χ0) is 27.6. The molecule has 1 heterocycles. The highest BCUT2D eigenvalue weighted by atomic mass is 16.5. The van der Waals surface area contributed by atoms with Crippen molar-refractivity contribution in [2.45, 2.75) is 89.2 Å². The van der Waals surface area contributed by atoms with Gasteiger partial charge in [0.15, 0.2) is 0 Å². The number of aryl methyl sites for hydroxylation is 1. The molecule has 6 heteroatoms. The Hall–Kier alpha value is -3.12. The normalized spacial score (nSPS) is 25.0. The maximum absolute atomic E-state index is 14.0. The Balaban J connectivity index is 1.19. The molecule has 3 aliphatic carbocycles. The van der Waals surface area contributed by atoms with Crippen LogP contribution in [0.25, 0.3) is 11.1 Å². The summed E-state index contributed by atoms with van der Waals surface area (Å²) in [6, 6.07) is 15.6. The van der Waals surface area contributed by atoms with Gasteiger partial charge in [0.25, 0.3) is 0 Å². The second-order valence-electron chi connectivity index (χ2n) is 12.4. The Morgan fingerprint density at radius 2 is 1.75 bits per heavy atom. The van der Waals surface area contributed by atoms with Crippen LogP contribution in [0, 0.1) is 18.8 Å². The lowest BCUT2D eigenvalue weighted by molar-refractivity contribution is -0.124. The summed E-state index contributed by atoms with van der Waals surface area (Å²) in [5.74, 6) is 2.21. The summed E-state index contributed by atoms with van der Waals surface area (Å²) in [5, 5.41) is 14.6. The molecule has 6 rings (SSSR count). The SMILES string of the molecule is COc1ccc([C@H]2CC[C@H](CN(c3cccc(-c4cnn(C5CC5)c4)c3)C(=O)[C@H]3CC[C@@H](O)CC3)CC2)cc1C. The number of aliphatic hydroxyl groups excluding tert-OH is 1. The topological polar surface area (TPSA) is 67.6 Å². The largest absolute Gasteiger partial charge is 0.496 e. The molecular formula is C34H43N3O3. The highest BCUT2D eigenvalue weighted by Gasteiger charge is 2.32. The van der Waals surface area contributed by atoms with Crippen molar-refractivity contribution in [2.75, 3.05) is 18.6 Å². The van der Waals surface area contributed by atoms with E-state index in [0.717, 1.165) is 80.5 Å². The van der Waals surface area contributed by atoms with Crippen LogP contribution in [0.4, 0.5) is 5.69 Å². The summed E-state index contributed by atoms with van der Waals surface area (Å²) in [7, 11) is 1.73. The van der Waals surface area contributed by atoms with E-state index in [9.17, 15) is 9.90 Å². The van der Waals surface area contributed by atoms with Crippen LogP contribution >= 0.6 is 0 Å². The molecule has 0 radical (unpaired) electrons. The highest BCUT2D eigenvalue weighted by molar-refractivity contribution is 5.95. The summed E-state index contributed by atoms with van der Waals surface area (Å²) < 4.78 is 7.55. The predicted molar refractivity (Wildman–Crippen MR) is 159 cm³/mol. The second-order valence-corrected chi connectivity index (χ2v) is 12.4. The van der Waals surface area contributed by atoms with E-state index >= 15 is 0 Å². The van der Waals surface area contributed by atoms with Crippen molar-refractivity contribution >= 4 is 11.6 Å². The van der Waals surface area contributed by atoms with Crippen LogP contribution in [0.5, 0.6) is 5.75 Å². The standard InChI is InChI=1S/C34H43N3O3/c1-23-18-28(12-17-33(23)40-2)25-8-6-24(7-9-25)21-36(34(39)26-10-15-32(38)16-11-26)31-5-3-4-27(19-31)29-20-35-37(22-29)30-13-14-30/h3-5,12,17-20,22,24-26,30,32,38H,6-11,13-16,21H2,1-2H3/t24-,25-,26-,32+. The molecule has 0 spiro atoms. The number of hydrogen-bond acceptors (Lipinski definition) is 4. The lowest BCUT2D eigenvalue weighted by Crippen LogP contribution is -2.41. The fourth-order valence-corrected chi connectivity index (χ4v) is 6.84. The molecule has 2 aromatic carbocycles. The third-order valence-corrected chi connectivity index (χ3v) is 9.50. The molecule has 3 aromatic rings. The number of carbonyl (C=O) groups is 1. The number of rotatable bonds is 8. The van der Waals surface area contributed by atoms with Crippen LogP contribution in [-0.4, -0.2) is 40.6 Å². The maximum atomic E-state index is 14.0. The van der Waals surface area contributed by atoms with Crippen molar-refractivity contribution in [3.8, 4) is 16.9 Å². The smallest absolute Gasteiger partial charge is 0.230 e. The van der Waals surface area contributed by atoms with Crippen LogP contribution in [0.3, 0.4) is 0 Å². The van der Waals surface area contributed by atoms with Gasteiger partial charge in [-0.15, -0.1) is 0 Å². The molecule has 0 unspecified atom stereocenters. The first kappa shape index (κ1) is 27.1. The monoisotopic (exact) mass is 541 g/mol. The lowest BCUT2D eigenvalue weighted by Gasteiger charge is -2.36. The van der Waals surface area contributed by atoms with Gasteiger partial charge in [-0.25, -0.2) is 0 Å². The average molecular weight is 542 g/mol. The van der Waals surface area contributed by atoms with Crippen LogP contribution in [0.2, 0.25) is 0 Å². The molecule has 0 bridgehead atoms. The second kappa shape index (κ2) is 11.8. The van der Waals surface area contributed by atoms with Gasteiger partial charge in [-0.3, -0.25) is 9.48 Å². The zero-order valence-electron chi connectivity index (χ0n) is 24.0. The quantitative estimate of drug-likeness (QED) is 0.332. The molecule has 1 amide bonds. The van der Waals surface area contributed by atoms with Crippen LogP contribution < -0.4 is 9.64 Å². The van der Waals surface area contributed by atoms with Crippen molar-refractivity contribution in [1.29, 1.82) is 0 Å². The van der Waals surface area contributed by atoms with Crippen molar-refractivity contribution in [3.63, 3.8) is 0 Å². The van der Waals surface area contributed by atoms with Crippen LogP contribution in [0.15, 0.2) is 54.9 Å². The van der Waals surface area contributed by atoms with Gasteiger partial charge >= 0.3 is 0 Å². The minimum atomic E-state index is -0.263. The number of hydrogen-bond donors (Lipinski definition) is 1. The summed E-state index contributed by atoms with van der Waals surface area (Å²) in [6.07, 6.45) is 13.8. The van der Waals surface area contributed by atoms with E-state index in [1.54, 1.807) is 7.11 Å². The van der Waals surface area contributed by atoms with Gasteiger partial charge < -0.3 is 14.7 Å². The molecular weight excluding hydrogens is 498 g/mol. The number of anilines is 1. The number of amides is 1. The van der Waals surface area contributed by atoms with E-state index in [-0.39, 0.29) is 17.9 Å². The maximum Gasteiger partial charge on any atom is 0.230 e. The minimum absolute atomic E-state index is 0.0108. The third-order valence-electron chi connectivity index (χ3n) is 9.50. The van der Waals surface area contributed by atoms with Gasteiger partial charge in [0, 0.05) is 29.9 Å². The van der Waals surface area contributed by atoms with E-state index < -0.39 is 0 Å². The Morgan fingerprint density at radius 3 is 2.45 bits per heavy atom. The number of nitrogens with zero attached hydrogens (tertiary/aromatic N) is 3. The number of aliphatic hydroxyl groups is 1. The first-order valence-corrected chi connectivity index (χ1v) is 15.3. The van der Waals surface area contributed by atoms with Crippen molar-refractivity contribution in [1.82, 2.24) is 9.78 Å². The van der Waals surface area contributed by atoms with E-state index in [1.807, 2.05) is 6.20 Å². The fraction of sp³-hybridized carbons (Fsp3) is 0.529. The van der Waals surface area contributed by atoms with Crippen molar-refractivity contribution < 1.29 is 14.6 Å². The first-order valence-electron chi connectivity index (χ1n) is 15.3. The van der Waals surface area contributed by atoms with Crippen molar-refractivity contribution in [2.24, 2.45) is 11.8 Å². The van der Waals surface area contributed by atoms with Crippen LogP contribution in [0.1, 0.15) is 87.3 Å². The van der Waals surface area contributed by atoms with E-state index in [0.29, 0.717) is 17.9 Å². The van der Waals surface area contributed by atoms with E-state index in [1.165, 1.54) is 24.0 Å². The number of benzene rings is 2. The Bertz CT molecular complexity index is 1310. The summed E-state index contributed by atoms with van der Waals surface area (Å²) in [5.41, 5.74) is 5.81. The molecule has 3 fully saturated rings. The number of methoxy groups -OCH3 is 1. The molecule has 0 atom stereocenters. The van der Waals surface area contributed by atoms with Gasteiger partial charge in [0.1, 0.15) is 5.75 Å². The van der Waals surface area contributed by atoms with Gasteiger partial charge in [0.2, 0.25) is 5.91 Å². The minimum Gasteiger partial charge on any atom is -0.496 e. The Morgan fingerprint density at radius 1 is 0.975 bits per heavy atom. The zero-order valence-corrected chi connectivity index (χ0v) is 24.0. The number of aromatic nitrogens is 2. The Kier molecular flexibility index (Phi) is 7.97. The molecule has 1 aromatic heterocycles. The van der Waals surface area contributed by atoms with Crippen LogP contribution in [-0.2, 0) is 4.79 Å². The van der Waals surface area contributed by atoms with E-state index in [2.05, 4.69) is 70.3 Å². The molecule has 0 aliphatic heterocycles. The molecule has 40 heavy (non-hydrogen) atoms. The lowest BCUT2D eigenvalue weighted by atomic mass is 9.78. The van der Waals surface area contributed by atoms with Gasteiger partial charge in [-0.05, 0) is 118 Å². The molecule has 0 saturated heterocycles.